The van der Waals surface area contributed by atoms with Crippen molar-refractivity contribution in [3.63, 3.8) is 0 Å². The highest BCUT2D eigenvalue weighted by Gasteiger charge is 2.34. The average molecular weight is 383 g/mol. The highest BCUT2D eigenvalue weighted by Crippen LogP contribution is 2.33. The second-order valence-electron chi connectivity index (χ2n) is 5.49. The summed E-state index contributed by atoms with van der Waals surface area (Å²) in [6, 6.07) is 5.36. The Bertz CT molecular complexity index is 1060. The number of nitrogens with one attached hydrogen (secondary N) is 1. The van der Waals surface area contributed by atoms with Crippen LogP contribution in [0.15, 0.2) is 41.3 Å². The zero-order valence-corrected chi connectivity index (χ0v) is 13.8. The van der Waals surface area contributed by atoms with E-state index in [0.717, 1.165) is 10.5 Å². The number of pyridine rings is 1. The minimum absolute atomic E-state index is 0.0999. The lowest BCUT2D eigenvalue weighted by atomic mass is 10.1. The van der Waals surface area contributed by atoms with E-state index in [0.29, 0.717) is 12.1 Å². The van der Waals surface area contributed by atoms with Crippen LogP contribution in [0.5, 0.6) is 5.75 Å². The van der Waals surface area contributed by atoms with E-state index in [4.69, 9.17) is 4.74 Å². The Morgan fingerprint density at radius 1 is 1.30 bits per heavy atom. The Kier molecular flexibility index (Phi) is 4.75. The maximum atomic E-state index is 13.4. The predicted octanol–water partition coefficient (Wildman–Crippen LogP) is 3.10. The molecule has 0 spiro atoms. The molecule has 0 unspecified atom stereocenters. The third-order valence-electron chi connectivity index (χ3n) is 3.82. The zero-order chi connectivity index (χ0) is 19.8. The molecule has 0 aliphatic carbocycles. The van der Waals surface area contributed by atoms with E-state index >= 15 is 0 Å². The number of rotatable bonds is 4. The van der Waals surface area contributed by atoms with E-state index in [2.05, 4.69) is 10.3 Å². The molecule has 27 heavy (non-hydrogen) atoms. The predicted molar refractivity (Wildman–Crippen MR) is 88.6 cm³/mol. The molecule has 0 aliphatic heterocycles. The van der Waals surface area contributed by atoms with Gasteiger partial charge >= 0.3 is 6.18 Å². The number of benzene rings is 1. The summed E-state index contributed by atoms with van der Waals surface area (Å²) in [5, 5.41) is 12.1. The number of anilines is 2. The molecule has 6 nitrogen and oxygen atoms in total. The van der Waals surface area contributed by atoms with Gasteiger partial charge in [-0.1, -0.05) is 0 Å². The first kappa shape index (κ1) is 18.6. The van der Waals surface area contributed by atoms with Gasteiger partial charge in [-0.05, 0) is 30.3 Å². The highest BCUT2D eigenvalue weighted by molar-refractivity contribution is 5.65. The number of ether oxygens (including phenoxy) is 1. The smallest absolute Gasteiger partial charge is 0.419 e. The van der Waals surface area contributed by atoms with Gasteiger partial charge in [0.2, 0.25) is 0 Å². The van der Waals surface area contributed by atoms with Crippen molar-refractivity contribution in [2.75, 3.05) is 12.4 Å². The Balaban J connectivity index is 2.16. The SMILES string of the molecule is COc1cccn2c(=O)c(CO)c(Nc3ccc(F)c(C(F)(F)F)c3)nc12. The molecule has 0 radical (unpaired) electrons. The van der Waals surface area contributed by atoms with Crippen molar-refractivity contribution < 1.29 is 27.4 Å². The molecular weight excluding hydrogens is 370 g/mol. The number of hydrogen-bond acceptors (Lipinski definition) is 5. The summed E-state index contributed by atoms with van der Waals surface area (Å²) in [7, 11) is 1.37. The molecule has 2 N–H and O–H groups in total. The Morgan fingerprint density at radius 2 is 2.04 bits per heavy atom. The van der Waals surface area contributed by atoms with Crippen LogP contribution in [0.4, 0.5) is 29.1 Å². The zero-order valence-electron chi connectivity index (χ0n) is 13.8. The summed E-state index contributed by atoms with van der Waals surface area (Å²) < 4.78 is 58.4. The van der Waals surface area contributed by atoms with Crippen molar-refractivity contribution in [2.45, 2.75) is 12.8 Å². The van der Waals surface area contributed by atoms with Crippen LogP contribution in [0.2, 0.25) is 0 Å². The van der Waals surface area contributed by atoms with Gasteiger partial charge in [-0.15, -0.1) is 0 Å². The minimum atomic E-state index is -4.89. The normalized spacial score (nSPS) is 11.6. The van der Waals surface area contributed by atoms with Crippen molar-refractivity contribution in [2.24, 2.45) is 0 Å². The first-order chi connectivity index (χ1) is 12.8. The lowest BCUT2D eigenvalue weighted by Crippen LogP contribution is -2.22. The standard InChI is InChI=1S/C17H13F4N3O3/c1-27-13-3-2-6-24-15(13)23-14(10(8-25)16(24)26)22-9-4-5-12(18)11(7-9)17(19,20)21/h2-7,22,25H,8H2,1H3. The van der Waals surface area contributed by atoms with Crippen LogP contribution in [0.1, 0.15) is 11.1 Å². The lowest BCUT2D eigenvalue weighted by Gasteiger charge is -2.14. The molecule has 2 aromatic heterocycles. The number of hydrogen-bond donors (Lipinski definition) is 2. The lowest BCUT2D eigenvalue weighted by molar-refractivity contribution is -0.139. The van der Waals surface area contributed by atoms with Crippen LogP contribution in [-0.2, 0) is 12.8 Å². The van der Waals surface area contributed by atoms with E-state index in [9.17, 15) is 27.5 Å². The summed E-state index contributed by atoms with van der Waals surface area (Å²) in [6.07, 6.45) is -3.48. The fourth-order valence-corrected chi connectivity index (χ4v) is 2.54. The van der Waals surface area contributed by atoms with Crippen molar-refractivity contribution in [1.82, 2.24) is 9.38 Å². The Hall–Kier alpha value is -3.14. The quantitative estimate of drug-likeness (QED) is 0.678. The van der Waals surface area contributed by atoms with Crippen molar-refractivity contribution in [3.8, 4) is 5.75 Å². The minimum Gasteiger partial charge on any atom is -0.493 e. The summed E-state index contributed by atoms with van der Waals surface area (Å²) in [5.41, 5.74) is -2.30. The summed E-state index contributed by atoms with van der Waals surface area (Å²) >= 11 is 0. The van der Waals surface area contributed by atoms with Crippen LogP contribution < -0.4 is 15.6 Å². The largest absolute Gasteiger partial charge is 0.493 e. The molecule has 0 bridgehead atoms. The fraction of sp³-hybridized carbons (Fsp3) is 0.176. The second-order valence-corrected chi connectivity index (χ2v) is 5.49. The summed E-state index contributed by atoms with van der Waals surface area (Å²) in [6.45, 7) is -0.707. The van der Waals surface area contributed by atoms with Crippen molar-refractivity contribution >= 4 is 17.2 Å². The van der Waals surface area contributed by atoms with Gasteiger partial charge in [0.15, 0.2) is 11.4 Å². The average Bonchev–Trinajstić information content (AvgIpc) is 2.62. The van der Waals surface area contributed by atoms with Crippen LogP contribution in [0.3, 0.4) is 0 Å². The molecule has 0 aliphatic rings. The second kappa shape index (κ2) is 6.88. The first-order valence-corrected chi connectivity index (χ1v) is 7.59. The van der Waals surface area contributed by atoms with Crippen LogP contribution in [0, 0.1) is 5.82 Å². The molecule has 0 fully saturated rings. The number of aliphatic hydroxyl groups excluding tert-OH is 1. The van der Waals surface area contributed by atoms with E-state index in [1.54, 1.807) is 12.1 Å². The van der Waals surface area contributed by atoms with Gasteiger partial charge in [-0.3, -0.25) is 9.20 Å². The van der Waals surface area contributed by atoms with Gasteiger partial charge in [0.25, 0.3) is 5.56 Å². The molecule has 0 saturated carbocycles. The molecule has 3 aromatic rings. The molecule has 0 saturated heterocycles. The molecule has 0 amide bonds. The summed E-state index contributed by atoms with van der Waals surface area (Å²) in [4.78, 5) is 16.7. The van der Waals surface area contributed by atoms with E-state index in [1.165, 1.54) is 13.3 Å². The molecule has 1 aromatic carbocycles. The molecular formula is C17H13F4N3O3. The third-order valence-corrected chi connectivity index (χ3v) is 3.82. The third kappa shape index (κ3) is 3.43. The highest BCUT2D eigenvalue weighted by atomic mass is 19.4. The van der Waals surface area contributed by atoms with Gasteiger partial charge in [-0.2, -0.15) is 13.2 Å². The van der Waals surface area contributed by atoms with Gasteiger partial charge in [0, 0.05) is 11.9 Å². The molecule has 2 heterocycles. The number of aromatic nitrogens is 2. The van der Waals surface area contributed by atoms with Crippen LogP contribution in [0.25, 0.3) is 5.65 Å². The van der Waals surface area contributed by atoms with E-state index < -0.39 is 29.7 Å². The number of aliphatic hydroxyl groups is 1. The monoisotopic (exact) mass is 383 g/mol. The van der Waals surface area contributed by atoms with E-state index in [1.807, 2.05) is 0 Å². The number of fused-ring (bicyclic) bond motifs is 1. The molecule has 0 atom stereocenters. The van der Waals surface area contributed by atoms with Crippen molar-refractivity contribution in [1.29, 1.82) is 0 Å². The summed E-state index contributed by atoms with van der Waals surface area (Å²) in [5.74, 6) is -1.34. The van der Waals surface area contributed by atoms with Crippen LogP contribution in [-0.4, -0.2) is 21.6 Å². The molecule has 3 rings (SSSR count). The van der Waals surface area contributed by atoms with Gasteiger partial charge < -0.3 is 15.2 Å². The van der Waals surface area contributed by atoms with Gasteiger partial charge in [0.05, 0.1) is 24.8 Å². The Labute approximate surface area is 149 Å². The number of halogens is 4. The number of nitrogens with zero attached hydrogens (tertiary/aromatic N) is 2. The fourth-order valence-electron chi connectivity index (χ4n) is 2.54. The van der Waals surface area contributed by atoms with Gasteiger partial charge in [0.1, 0.15) is 11.6 Å². The topological polar surface area (TPSA) is 75.9 Å². The molecule has 142 valence electrons. The Morgan fingerprint density at radius 3 is 2.67 bits per heavy atom. The first-order valence-electron chi connectivity index (χ1n) is 7.59. The van der Waals surface area contributed by atoms with Gasteiger partial charge in [-0.25, -0.2) is 9.37 Å². The number of methoxy groups -OCH3 is 1. The van der Waals surface area contributed by atoms with Crippen LogP contribution >= 0.6 is 0 Å². The molecule has 10 heteroatoms. The van der Waals surface area contributed by atoms with Crippen molar-refractivity contribution in [3.05, 3.63) is 63.8 Å². The maximum Gasteiger partial charge on any atom is 0.419 e. The number of alkyl halides is 3. The maximum absolute atomic E-state index is 13.4. The van der Waals surface area contributed by atoms with E-state index in [-0.39, 0.29) is 28.5 Å².